The SMILES string of the molecule is COc1ccc(C)cc1-c1nc(Br)c(CCO)[nH]1. The van der Waals surface area contributed by atoms with E-state index in [1.807, 2.05) is 25.1 Å². The van der Waals surface area contributed by atoms with Crippen LogP contribution in [0.2, 0.25) is 0 Å². The molecule has 2 N–H and O–H groups in total. The average Bonchev–Trinajstić information content (AvgIpc) is 2.71. The average molecular weight is 311 g/mol. The fraction of sp³-hybridized carbons (Fsp3) is 0.308. The lowest BCUT2D eigenvalue weighted by molar-refractivity contribution is 0.298. The van der Waals surface area contributed by atoms with E-state index < -0.39 is 0 Å². The number of imidazole rings is 1. The number of hydrogen-bond donors (Lipinski definition) is 2. The molecule has 0 amide bonds. The number of aromatic amines is 1. The minimum Gasteiger partial charge on any atom is -0.496 e. The van der Waals surface area contributed by atoms with Crippen LogP contribution in [0, 0.1) is 6.92 Å². The summed E-state index contributed by atoms with van der Waals surface area (Å²) >= 11 is 3.39. The van der Waals surface area contributed by atoms with Crippen molar-refractivity contribution in [2.45, 2.75) is 13.3 Å². The van der Waals surface area contributed by atoms with E-state index >= 15 is 0 Å². The molecule has 0 unspecified atom stereocenters. The molecule has 5 heteroatoms. The molecule has 0 aliphatic rings. The smallest absolute Gasteiger partial charge is 0.142 e. The Bertz CT molecular complexity index is 552. The number of H-pyrrole nitrogens is 1. The first-order chi connectivity index (χ1) is 8.65. The minimum atomic E-state index is 0.0885. The molecule has 1 aromatic heterocycles. The van der Waals surface area contributed by atoms with Crippen LogP contribution >= 0.6 is 15.9 Å². The van der Waals surface area contributed by atoms with Crippen molar-refractivity contribution in [3.63, 3.8) is 0 Å². The zero-order chi connectivity index (χ0) is 13.1. The standard InChI is InChI=1S/C13H15BrN2O2/c1-8-3-4-11(18-2)9(7-8)13-15-10(5-6-17)12(14)16-13/h3-4,7,17H,5-6H2,1-2H3,(H,15,16). The summed E-state index contributed by atoms with van der Waals surface area (Å²) in [5.41, 5.74) is 2.94. The number of aryl methyl sites for hydroxylation is 1. The molecule has 0 saturated heterocycles. The van der Waals surface area contributed by atoms with Crippen LogP contribution in [0.3, 0.4) is 0 Å². The lowest BCUT2D eigenvalue weighted by Gasteiger charge is -2.06. The molecule has 0 atom stereocenters. The van der Waals surface area contributed by atoms with Gasteiger partial charge in [-0.2, -0.15) is 0 Å². The molecule has 0 bridgehead atoms. The molecule has 0 spiro atoms. The first-order valence-corrected chi connectivity index (χ1v) is 6.45. The topological polar surface area (TPSA) is 58.1 Å². The summed E-state index contributed by atoms with van der Waals surface area (Å²) in [7, 11) is 1.64. The highest BCUT2D eigenvalue weighted by atomic mass is 79.9. The van der Waals surface area contributed by atoms with Crippen LogP contribution in [-0.4, -0.2) is 28.8 Å². The zero-order valence-corrected chi connectivity index (χ0v) is 11.9. The molecular weight excluding hydrogens is 296 g/mol. The third-order valence-electron chi connectivity index (χ3n) is 2.70. The summed E-state index contributed by atoms with van der Waals surface area (Å²) in [6, 6.07) is 5.94. The second kappa shape index (κ2) is 5.54. The largest absolute Gasteiger partial charge is 0.496 e. The molecule has 2 aromatic rings. The van der Waals surface area contributed by atoms with Crippen LogP contribution in [-0.2, 0) is 6.42 Å². The van der Waals surface area contributed by atoms with Crippen molar-refractivity contribution in [1.82, 2.24) is 9.97 Å². The molecule has 0 aliphatic heterocycles. The Balaban J connectivity index is 2.47. The van der Waals surface area contributed by atoms with Gasteiger partial charge in [-0.25, -0.2) is 4.98 Å². The lowest BCUT2D eigenvalue weighted by atomic mass is 10.1. The molecule has 96 valence electrons. The number of ether oxygens (including phenoxy) is 1. The van der Waals surface area contributed by atoms with E-state index in [4.69, 9.17) is 9.84 Å². The van der Waals surface area contributed by atoms with Gasteiger partial charge in [0.05, 0.1) is 18.4 Å². The monoisotopic (exact) mass is 310 g/mol. The van der Waals surface area contributed by atoms with Gasteiger partial charge in [-0.05, 0) is 35.0 Å². The van der Waals surface area contributed by atoms with Crippen molar-refractivity contribution in [2.75, 3.05) is 13.7 Å². The second-order valence-electron chi connectivity index (χ2n) is 4.03. The molecule has 18 heavy (non-hydrogen) atoms. The Labute approximate surface area is 114 Å². The number of rotatable bonds is 4. The Morgan fingerprint density at radius 1 is 1.44 bits per heavy atom. The maximum atomic E-state index is 8.98. The molecule has 4 nitrogen and oxygen atoms in total. The Morgan fingerprint density at radius 3 is 2.89 bits per heavy atom. The summed E-state index contributed by atoms with van der Waals surface area (Å²) in [6.07, 6.45) is 0.543. The summed E-state index contributed by atoms with van der Waals surface area (Å²) in [6.45, 7) is 2.11. The summed E-state index contributed by atoms with van der Waals surface area (Å²) in [5, 5.41) is 8.98. The van der Waals surface area contributed by atoms with Gasteiger partial charge in [-0.1, -0.05) is 11.6 Å². The van der Waals surface area contributed by atoms with Crippen LogP contribution in [0.5, 0.6) is 5.75 Å². The fourth-order valence-electron chi connectivity index (χ4n) is 1.80. The zero-order valence-electron chi connectivity index (χ0n) is 10.3. The number of aliphatic hydroxyl groups is 1. The first-order valence-electron chi connectivity index (χ1n) is 5.66. The predicted octanol–water partition coefficient (Wildman–Crippen LogP) is 2.69. The van der Waals surface area contributed by atoms with Gasteiger partial charge in [0.2, 0.25) is 0 Å². The van der Waals surface area contributed by atoms with Gasteiger partial charge < -0.3 is 14.8 Å². The normalized spacial score (nSPS) is 10.7. The van der Waals surface area contributed by atoms with Crippen LogP contribution in [0.4, 0.5) is 0 Å². The summed E-state index contributed by atoms with van der Waals surface area (Å²) in [4.78, 5) is 7.62. The molecule has 0 saturated carbocycles. The Morgan fingerprint density at radius 2 is 2.22 bits per heavy atom. The number of nitrogens with one attached hydrogen (secondary N) is 1. The van der Waals surface area contributed by atoms with E-state index in [1.165, 1.54) is 0 Å². The maximum absolute atomic E-state index is 8.98. The van der Waals surface area contributed by atoms with Crippen LogP contribution in [0.1, 0.15) is 11.3 Å². The highest BCUT2D eigenvalue weighted by molar-refractivity contribution is 9.10. The van der Waals surface area contributed by atoms with E-state index in [9.17, 15) is 0 Å². The van der Waals surface area contributed by atoms with Crippen molar-refractivity contribution >= 4 is 15.9 Å². The highest BCUT2D eigenvalue weighted by Gasteiger charge is 2.13. The van der Waals surface area contributed by atoms with Crippen molar-refractivity contribution in [3.8, 4) is 17.1 Å². The molecule has 1 aromatic carbocycles. The Kier molecular flexibility index (Phi) is 4.04. The minimum absolute atomic E-state index is 0.0885. The number of hydrogen-bond acceptors (Lipinski definition) is 3. The van der Waals surface area contributed by atoms with Crippen molar-refractivity contribution in [1.29, 1.82) is 0 Å². The summed E-state index contributed by atoms with van der Waals surface area (Å²) < 4.78 is 6.07. The molecule has 0 aliphatic carbocycles. The van der Waals surface area contributed by atoms with Crippen LogP contribution in [0.15, 0.2) is 22.8 Å². The van der Waals surface area contributed by atoms with Crippen molar-refractivity contribution < 1.29 is 9.84 Å². The number of aliphatic hydroxyl groups excluding tert-OH is 1. The molecule has 0 radical (unpaired) electrons. The highest BCUT2D eigenvalue weighted by Crippen LogP contribution is 2.30. The fourth-order valence-corrected chi connectivity index (χ4v) is 2.27. The third kappa shape index (κ3) is 2.57. The Hall–Kier alpha value is -1.33. The molecule has 1 heterocycles. The summed E-state index contributed by atoms with van der Waals surface area (Å²) in [5.74, 6) is 1.52. The van der Waals surface area contributed by atoms with E-state index in [0.29, 0.717) is 6.42 Å². The van der Waals surface area contributed by atoms with E-state index in [2.05, 4.69) is 25.9 Å². The number of methoxy groups -OCH3 is 1. The van der Waals surface area contributed by atoms with E-state index in [-0.39, 0.29) is 6.61 Å². The van der Waals surface area contributed by atoms with Gasteiger partial charge in [0, 0.05) is 13.0 Å². The van der Waals surface area contributed by atoms with Crippen LogP contribution < -0.4 is 4.74 Å². The van der Waals surface area contributed by atoms with Gasteiger partial charge >= 0.3 is 0 Å². The number of aromatic nitrogens is 2. The number of benzene rings is 1. The molecule has 0 fully saturated rings. The van der Waals surface area contributed by atoms with Crippen molar-refractivity contribution in [3.05, 3.63) is 34.1 Å². The number of nitrogens with zero attached hydrogens (tertiary/aromatic N) is 1. The predicted molar refractivity (Wildman–Crippen MR) is 73.8 cm³/mol. The van der Waals surface area contributed by atoms with Gasteiger partial charge in [-0.15, -0.1) is 0 Å². The van der Waals surface area contributed by atoms with Gasteiger partial charge in [0.15, 0.2) is 0 Å². The first kappa shape index (κ1) is 13.1. The van der Waals surface area contributed by atoms with Gasteiger partial charge in [0.1, 0.15) is 16.2 Å². The maximum Gasteiger partial charge on any atom is 0.142 e. The quantitative estimate of drug-likeness (QED) is 0.913. The van der Waals surface area contributed by atoms with Gasteiger partial charge in [-0.3, -0.25) is 0 Å². The van der Waals surface area contributed by atoms with E-state index in [1.54, 1.807) is 7.11 Å². The lowest BCUT2D eigenvalue weighted by Crippen LogP contribution is -1.92. The van der Waals surface area contributed by atoms with Crippen LogP contribution in [0.25, 0.3) is 11.4 Å². The van der Waals surface area contributed by atoms with E-state index in [0.717, 1.165) is 33.0 Å². The van der Waals surface area contributed by atoms with Crippen molar-refractivity contribution in [2.24, 2.45) is 0 Å². The second-order valence-corrected chi connectivity index (χ2v) is 4.78. The van der Waals surface area contributed by atoms with Gasteiger partial charge in [0.25, 0.3) is 0 Å². The number of halogens is 1. The third-order valence-corrected chi connectivity index (χ3v) is 3.36. The molecular formula is C13H15BrN2O2. The molecule has 2 rings (SSSR count).